The molecule has 4 heteroatoms. The Hall–Kier alpha value is -0.570. The Morgan fingerprint density at radius 3 is 2.44 bits per heavy atom. The van der Waals surface area contributed by atoms with E-state index in [1.165, 1.54) is 0 Å². The van der Waals surface area contributed by atoms with Crippen LogP contribution in [0.5, 0.6) is 0 Å². The summed E-state index contributed by atoms with van der Waals surface area (Å²) < 4.78 is 4.33. The number of hydrogen-bond donors (Lipinski definition) is 0. The molecule has 9 heavy (non-hydrogen) atoms. The smallest absolute Gasteiger partial charge is 0.391 e. The quantitative estimate of drug-likeness (QED) is 0.338. The first-order valence-corrected chi connectivity index (χ1v) is 2.93. The van der Waals surface area contributed by atoms with Gasteiger partial charge in [-0.15, -0.1) is 0 Å². The van der Waals surface area contributed by atoms with Crippen LogP contribution in [-0.2, 0) is 14.3 Å². The number of carbonyl (C=O) groups excluding carboxylic acids is 2. The lowest BCUT2D eigenvalue weighted by molar-refractivity contribution is -0.150. The summed E-state index contributed by atoms with van der Waals surface area (Å²) in [5, 5.41) is -1.07. The zero-order valence-corrected chi connectivity index (χ0v) is 5.77. The molecule has 0 saturated carbocycles. The molecule has 0 unspecified atom stereocenters. The maximum absolute atomic E-state index is 10.2. The molecule has 0 saturated heterocycles. The second kappa shape index (κ2) is 4.32. The van der Waals surface area contributed by atoms with Gasteiger partial charge in [-0.3, -0.25) is 4.79 Å². The molecular formula is C5H7ClO3. The highest BCUT2D eigenvalue weighted by Crippen LogP contribution is 1.87. The molecule has 0 aliphatic rings. The van der Waals surface area contributed by atoms with E-state index in [1.54, 1.807) is 0 Å². The lowest BCUT2D eigenvalue weighted by Crippen LogP contribution is -2.11. The van der Waals surface area contributed by atoms with E-state index < -0.39 is 11.2 Å². The van der Waals surface area contributed by atoms with Crippen LogP contribution in [0, 0.1) is 0 Å². The molecule has 0 aromatic carbocycles. The Morgan fingerprint density at radius 2 is 2.11 bits per heavy atom. The molecule has 3 nitrogen and oxygen atoms in total. The maximum Gasteiger partial charge on any atom is 0.391 e. The molecule has 0 spiro atoms. The average Bonchev–Trinajstić information content (AvgIpc) is 1.82. The van der Waals surface area contributed by atoms with Crippen molar-refractivity contribution in [2.75, 3.05) is 6.61 Å². The summed E-state index contributed by atoms with van der Waals surface area (Å²) in [4.78, 5) is 20.1. The zero-order chi connectivity index (χ0) is 7.28. The van der Waals surface area contributed by atoms with E-state index in [2.05, 4.69) is 4.74 Å². The minimum atomic E-state index is -1.07. The van der Waals surface area contributed by atoms with E-state index >= 15 is 0 Å². The van der Waals surface area contributed by atoms with Crippen LogP contribution in [-0.4, -0.2) is 17.8 Å². The molecule has 0 rings (SSSR count). The minimum Gasteiger partial charge on any atom is -0.459 e. The molecule has 0 fully saturated rings. The van der Waals surface area contributed by atoms with Crippen molar-refractivity contribution in [1.29, 1.82) is 0 Å². The third-order valence-electron chi connectivity index (χ3n) is 0.598. The lowest BCUT2D eigenvalue weighted by atomic mass is 10.5. The van der Waals surface area contributed by atoms with E-state index in [0.717, 1.165) is 0 Å². The van der Waals surface area contributed by atoms with Crippen molar-refractivity contribution < 1.29 is 14.3 Å². The number of hydrogen-bond acceptors (Lipinski definition) is 3. The molecule has 52 valence electrons. The Labute approximate surface area is 57.9 Å². The fourth-order valence-corrected chi connectivity index (χ4v) is 0.306. The third kappa shape index (κ3) is 3.97. The van der Waals surface area contributed by atoms with Crippen LogP contribution in [0.1, 0.15) is 13.3 Å². The number of ether oxygens (including phenoxy) is 1. The summed E-state index contributed by atoms with van der Waals surface area (Å²) in [5.41, 5.74) is 0. The summed E-state index contributed by atoms with van der Waals surface area (Å²) in [6.45, 7) is 2.07. The van der Waals surface area contributed by atoms with Crippen LogP contribution in [0.4, 0.5) is 0 Å². The Morgan fingerprint density at radius 1 is 1.56 bits per heavy atom. The van der Waals surface area contributed by atoms with Crippen molar-refractivity contribution in [2.24, 2.45) is 0 Å². The molecule has 0 atom stereocenters. The Kier molecular flexibility index (Phi) is 4.05. The van der Waals surface area contributed by atoms with Gasteiger partial charge >= 0.3 is 11.2 Å². The normalized spacial score (nSPS) is 8.67. The first-order chi connectivity index (χ1) is 4.18. The Balaban J connectivity index is 3.39. The zero-order valence-electron chi connectivity index (χ0n) is 5.02. The van der Waals surface area contributed by atoms with Crippen LogP contribution < -0.4 is 0 Å². The van der Waals surface area contributed by atoms with Gasteiger partial charge in [-0.25, -0.2) is 4.79 Å². The molecule has 0 N–H and O–H groups in total. The van der Waals surface area contributed by atoms with Gasteiger partial charge in [0.1, 0.15) is 0 Å². The van der Waals surface area contributed by atoms with Crippen LogP contribution in [0.3, 0.4) is 0 Å². The van der Waals surface area contributed by atoms with Crippen LogP contribution in [0.2, 0.25) is 0 Å². The van der Waals surface area contributed by atoms with Crippen molar-refractivity contribution in [3.63, 3.8) is 0 Å². The maximum atomic E-state index is 10.2. The predicted octanol–water partition coefficient (Wildman–Crippen LogP) is 0.705. The highest BCUT2D eigenvalue weighted by molar-refractivity contribution is 6.80. The van der Waals surface area contributed by atoms with Gasteiger partial charge in [-0.2, -0.15) is 0 Å². The van der Waals surface area contributed by atoms with Crippen LogP contribution in [0.15, 0.2) is 0 Å². The largest absolute Gasteiger partial charge is 0.459 e. The highest BCUT2D eigenvalue weighted by atomic mass is 35.5. The lowest BCUT2D eigenvalue weighted by Gasteiger charge is -1.95. The molecule has 0 aliphatic carbocycles. The molecule has 0 aliphatic heterocycles. The summed E-state index contributed by atoms with van der Waals surface area (Å²) in [6, 6.07) is 0. The van der Waals surface area contributed by atoms with E-state index in [-0.39, 0.29) is 6.61 Å². The second-order valence-corrected chi connectivity index (χ2v) is 1.75. The van der Waals surface area contributed by atoms with Crippen molar-refractivity contribution in [2.45, 2.75) is 13.3 Å². The highest BCUT2D eigenvalue weighted by Gasteiger charge is 2.09. The fourth-order valence-electron chi connectivity index (χ4n) is 0.251. The fraction of sp³-hybridized carbons (Fsp3) is 0.600. The molecular weight excluding hydrogens is 144 g/mol. The minimum absolute atomic E-state index is 0.247. The van der Waals surface area contributed by atoms with Gasteiger partial charge in [-0.1, -0.05) is 6.92 Å². The van der Waals surface area contributed by atoms with Gasteiger partial charge in [-0.05, 0) is 18.0 Å². The van der Waals surface area contributed by atoms with Gasteiger partial charge in [0.15, 0.2) is 0 Å². The van der Waals surface area contributed by atoms with Gasteiger partial charge in [0.05, 0.1) is 6.61 Å². The van der Waals surface area contributed by atoms with Crippen LogP contribution >= 0.6 is 11.6 Å². The number of rotatable bonds is 3. The van der Waals surface area contributed by atoms with E-state index in [1.807, 2.05) is 6.92 Å². The predicted molar refractivity (Wildman–Crippen MR) is 32.1 cm³/mol. The van der Waals surface area contributed by atoms with E-state index in [9.17, 15) is 9.59 Å². The molecule has 0 aromatic heterocycles. The molecule has 0 aromatic rings. The standard InChI is InChI=1S/C5H7ClO3/c1-2-3-9-5(8)4(6)7/h2-3H2,1H3. The Bertz CT molecular complexity index is 121. The van der Waals surface area contributed by atoms with Gasteiger partial charge in [0.2, 0.25) is 0 Å². The summed E-state index contributed by atoms with van der Waals surface area (Å²) in [7, 11) is 0. The number of esters is 1. The average molecular weight is 151 g/mol. The first kappa shape index (κ1) is 8.43. The molecule has 0 radical (unpaired) electrons. The van der Waals surface area contributed by atoms with Gasteiger partial charge in [0, 0.05) is 0 Å². The molecule has 0 heterocycles. The van der Waals surface area contributed by atoms with Gasteiger partial charge in [0.25, 0.3) is 0 Å². The molecule has 0 amide bonds. The van der Waals surface area contributed by atoms with Crippen LogP contribution in [0.25, 0.3) is 0 Å². The van der Waals surface area contributed by atoms with Crippen molar-refractivity contribution in [3.05, 3.63) is 0 Å². The monoisotopic (exact) mass is 150 g/mol. The summed E-state index contributed by atoms with van der Waals surface area (Å²) in [6.07, 6.45) is 0.690. The summed E-state index contributed by atoms with van der Waals surface area (Å²) >= 11 is 4.75. The number of halogens is 1. The second-order valence-electron chi connectivity index (χ2n) is 1.41. The topological polar surface area (TPSA) is 43.4 Å². The third-order valence-corrected chi connectivity index (χ3v) is 0.752. The van der Waals surface area contributed by atoms with Crippen molar-refractivity contribution in [1.82, 2.24) is 0 Å². The van der Waals surface area contributed by atoms with E-state index in [0.29, 0.717) is 6.42 Å². The SMILES string of the molecule is CCCOC(=O)C(=O)Cl. The first-order valence-electron chi connectivity index (χ1n) is 2.55. The van der Waals surface area contributed by atoms with E-state index in [4.69, 9.17) is 11.6 Å². The molecule has 0 bridgehead atoms. The summed E-state index contributed by atoms with van der Waals surface area (Å²) in [5.74, 6) is -0.974. The van der Waals surface area contributed by atoms with Gasteiger partial charge < -0.3 is 4.74 Å². The van der Waals surface area contributed by atoms with Crippen molar-refractivity contribution in [3.8, 4) is 0 Å². The number of carbonyl (C=O) groups is 2. The van der Waals surface area contributed by atoms with Crippen molar-refractivity contribution >= 4 is 22.8 Å².